The number of carbonyl (C=O) groups excluding carboxylic acids is 1. The number of aromatic nitrogens is 1. The Hall–Kier alpha value is -3.81. The molecule has 1 aliphatic rings. The highest BCUT2D eigenvalue weighted by Crippen LogP contribution is 2.31. The molecule has 5 rings (SSSR count). The SMILES string of the molecule is CCOC(=O)c1c(C)n(Cc2ccccc2)c2ccc(OC[C@H](O)CN3CCN(c4ccc(C)cc4)CC3)cc12. The molecule has 7 heteroatoms. The molecule has 3 aromatic carbocycles. The Morgan fingerprint density at radius 2 is 1.68 bits per heavy atom. The molecule has 1 atom stereocenters. The molecule has 1 saturated heterocycles. The minimum atomic E-state index is -0.615. The van der Waals surface area contributed by atoms with Crippen molar-refractivity contribution >= 4 is 22.6 Å². The molecule has 0 amide bonds. The molecule has 0 radical (unpaired) electrons. The van der Waals surface area contributed by atoms with Crippen LogP contribution in [0.25, 0.3) is 10.9 Å². The first kappa shape index (κ1) is 27.7. The molecule has 1 aromatic heterocycles. The van der Waals surface area contributed by atoms with E-state index in [0.29, 0.717) is 31.0 Å². The number of nitrogens with zero attached hydrogens (tertiary/aromatic N) is 3. The predicted octanol–water partition coefficient (Wildman–Crippen LogP) is 5.05. The van der Waals surface area contributed by atoms with Crippen molar-refractivity contribution in [3.8, 4) is 5.75 Å². The van der Waals surface area contributed by atoms with Crippen LogP contribution in [-0.2, 0) is 11.3 Å². The number of aryl methyl sites for hydroxylation is 1. The van der Waals surface area contributed by atoms with Gasteiger partial charge >= 0.3 is 5.97 Å². The average Bonchev–Trinajstić information content (AvgIpc) is 3.23. The standard InChI is InChI=1S/C33H39N3O4/c1-4-39-33(38)32-25(3)36(21-26-8-6-5-7-9-26)31-15-14-29(20-30(31)32)40-23-28(37)22-34-16-18-35(19-17-34)27-12-10-24(2)11-13-27/h5-15,20,28,37H,4,16-19,21-23H2,1-3H3/t28-/m1/s1. The van der Waals surface area contributed by atoms with Crippen molar-refractivity contribution in [1.82, 2.24) is 9.47 Å². The fourth-order valence-electron chi connectivity index (χ4n) is 5.47. The summed E-state index contributed by atoms with van der Waals surface area (Å²) in [6.07, 6.45) is -0.615. The van der Waals surface area contributed by atoms with Crippen molar-refractivity contribution in [2.24, 2.45) is 0 Å². The third-order valence-corrected chi connectivity index (χ3v) is 7.64. The molecular formula is C33H39N3O4. The van der Waals surface area contributed by atoms with Crippen molar-refractivity contribution in [3.63, 3.8) is 0 Å². The normalized spacial score (nSPS) is 14.8. The number of aliphatic hydroxyl groups excluding tert-OH is 1. The minimum Gasteiger partial charge on any atom is -0.491 e. The quantitative estimate of drug-likeness (QED) is 0.284. The number of piperazine rings is 1. The number of esters is 1. The molecule has 7 nitrogen and oxygen atoms in total. The molecule has 40 heavy (non-hydrogen) atoms. The van der Waals surface area contributed by atoms with E-state index in [9.17, 15) is 9.90 Å². The Balaban J connectivity index is 1.24. The van der Waals surface area contributed by atoms with Crippen molar-refractivity contribution in [2.75, 3.05) is 50.8 Å². The number of anilines is 1. The smallest absolute Gasteiger partial charge is 0.340 e. The maximum atomic E-state index is 12.9. The molecule has 0 aliphatic carbocycles. The van der Waals surface area contributed by atoms with Crippen LogP contribution in [0.1, 0.15) is 34.1 Å². The first-order chi connectivity index (χ1) is 19.4. The number of benzene rings is 3. The molecule has 0 spiro atoms. The van der Waals surface area contributed by atoms with Gasteiger partial charge < -0.3 is 24.0 Å². The molecule has 4 aromatic rings. The van der Waals surface area contributed by atoms with Crippen LogP contribution in [-0.4, -0.2) is 72.6 Å². The first-order valence-corrected chi connectivity index (χ1v) is 14.1. The van der Waals surface area contributed by atoms with Crippen LogP contribution in [0.2, 0.25) is 0 Å². The van der Waals surface area contributed by atoms with Crippen LogP contribution in [0, 0.1) is 13.8 Å². The number of rotatable bonds is 10. The second-order valence-electron chi connectivity index (χ2n) is 10.5. The summed E-state index contributed by atoms with van der Waals surface area (Å²) in [6, 6.07) is 24.6. The number of hydrogen-bond acceptors (Lipinski definition) is 6. The molecule has 0 unspecified atom stereocenters. The van der Waals surface area contributed by atoms with E-state index in [1.807, 2.05) is 50.2 Å². The van der Waals surface area contributed by atoms with E-state index in [1.165, 1.54) is 11.3 Å². The Kier molecular flexibility index (Phi) is 8.72. The lowest BCUT2D eigenvalue weighted by Crippen LogP contribution is -2.49. The zero-order valence-corrected chi connectivity index (χ0v) is 23.7. The van der Waals surface area contributed by atoms with Crippen molar-refractivity contribution < 1.29 is 19.4 Å². The number of aliphatic hydroxyl groups is 1. The van der Waals surface area contributed by atoms with E-state index in [4.69, 9.17) is 9.47 Å². The zero-order chi connectivity index (χ0) is 28.1. The van der Waals surface area contributed by atoms with Crippen LogP contribution < -0.4 is 9.64 Å². The molecular weight excluding hydrogens is 502 g/mol. The van der Waals surface area contributed by atoms with Gasteiger partial charge in [-0.25, -0.2) is 4.79 Å². The highest BCUT2D eigenvalue weighted by molar-refractivity contribution is 6.06. The van der Waals surface area contributed by atoms with E-state index < -0.39 is 6.10 Å². The fraction of sp³-hybridized carbons (Fsp3) is 0.364. The van der Waals surface area contributed by atoms with Crippen LogP contribution in [0.5, 0.6) is 5.75 Å². The third kappa shape index (κ3) is 6.32. The van der Waals surface area contributed by atoms with E-state index in [1.54, 1.807) is 0 Å². The van der Waals surface area contributed by atoms with Crippen LogP contribution in [0.15, 0.2) is 72.8 Å². The van der Waals surface area contributed by atoms with Crippen LogP contribution in [0.4, 0.5) is 5.69 Å². The van der Waals surface area contributed by atoms with Gasteiger partial charge in [0, 0.05) is 61.6 Å². The molecule has 0 bridgehead atoms. The number of hydrogen-bond donors (Lipinski definition) is 1. The molecule has 1 N–H and O–H groups in total. The van der Waals surface area contributed by atoms with Gasteiger partial charge in [-0.05, 0) is 56.7 Å². The van der Waals surface area contributed by atoms with Gasteiger partial charge in [0.25, 0.3) is 0 Å². The number of β-amino-alcohol motifs (C(OH)–C–C–N with tert-alkyl or cyclic N) is 1. The van der Waals surface area contributed by atoms with Gasteiger partial charge in [0.2, 0.25) is 0 Å². The summed E-state index contributed by atoms with van der Waals surface area (Å²) in [5.74, 6) is 0.289. The van der Waals surface area contributed by atoms with Gasteiger partial charge in [-0.1, -0.05) is 48.0 Å². The maximum absolute atomic E-state index is 12.9. The zero-order valence-electron chi connectivity index (χ0n) is 23.7. The van der Waals surface area contributed by atoms with Gasteiger partial charge in [0.05, 0.1) is 12.2 Å². The van der Waals surface area contributed by atoms with Crippen molar-refractivity contribution in [3.05, 3.63) is 95.2 Å². The summed E-state index contributed by atoms with van der Waals surface area (Å²) >= 11 is 0. The lowest BCUT2D eigenvalue weighted by molar-refractivity contribution is 0.0527. The van der Waals surface area contributed by atoms with Gasteiger partial charge in [-0.3, -0.25) is 4.90 Å². The van der Waals surface area contributed by atoms with Gasteiger partial charge in [0.15, 0.2) is 0 Å². The minimum absolute atomic E-state index is 0.183. The highest BCUT2D eigenvalue weighted by Gasteiger charge is 2.23. The van der Waals surface area contributed by atoms with Gasteiger partial charge in [-0.2, -0.15) is 0 Å². The molecule has 1 aliphatic heterocycles. The summed E-state index contributed by atoms with van der Waals surface area (Å²) in [6.45, 7) is 11.2. The Morgan fingerprint density at radius 1 is 0.950 bits per heavy atom. The predicted molar refractivity (Wildman–Crippen MR) is 160 cm³/mol. The highest BCUT2D eigenvalue weighted by atomic mass is 16.5. The first-order valence-electron chi connectivity index (χ1n) is 14.1. The lowest BCUT2D eigenvalue weighted by atomic mass is 10.1. The van der Waals surface area contributed by atoms with E-state index in [0.717, 1.165) is 48.3 Å². The van der Waals surface area contributed by atoms with Crippen LogP contribution in [0.3, 0.4) is 0 Å². The van der Waals surface area contributed by atoms with Crippen molar-refractivity contribution in [1.29, 1.82) is 0 Å². The average molecular weight is 542 g/mol. The van der Waals surface area contributed by atoms with Gasteiger partial charge in [-0.15, -0.1) is 0 Å². The summed E-state index contributed by atoms with van der Waals surface area (Å²) in [4.78, 5) is 17.6. The third-order valence-electron chi connectivity index (χ3n) is 7.64. The van der Waals surface area contributed by atoms with Crippen molar-refractivity contribution in [2.45, 2.75) is 33.4 Å². The second kappa shape index (κ2) is 12.6. The molecule has 210 valence electrons. The largest absolute Gasteiger partial charge is 0.491 e. The second-order valence-corrected chi connectivity index (χ2v) is 10.5. The Labute approximate surface area is 236 Å². The summed E-state index contributed by atoms with van der Waals surface area (Å²) in [5, 5.41) is 11.6. The molecule has 1 fully saturated rings. The maximum Gasteiger partial charge on any atom is 0.340 e. The molecule has 2 heterocycles. The monoisotopic (exact) mass is 541 g/mol. The fourth-order valence-corrected chi connectivity index (χ4v) is 5.47. The van der Waals surface area contributed by atoms with E-state index in [2.05, 4.69) is 57.7 Å². The summed E-state index contributed by atoms with van der Waals surface area (Å²) in [5.41, 5.74) is 6.04. The Morgan fingerprint density at radius 3 is 2.38 bits per heavy atom. The Bertz CT molecular complexity index is 1420. The van der Waals surface area contributed by atoms with E-state index in [-0.39, 0.29) is 12.6 Å². The number of carbonyl (C=O) groups is 1. The van der Waals surface area contributed by atoms with E-state index >= 15 is 0 Å². The summed E-state index contributed by atoms with van der Waals surface area (Å²) in [7, 11) is 0. The number of fused-ring (bicyclic) bond motifs is 1. The molecule has 0 saturated carbocycles. The summed E-state index contributed by atoms with van der Waals surface area (Å²) < 4.78 is 13.6. The van der Waals surface area contributed by atoms with Gasteiger partial charge in [0.1, 0.15) is 18.5 Å². The van der Waals surface area contributed by atoms with Crippen LogP contribution >= 0.6 is 0 Å². The topological polar surface area (TPSA) is 67.2 Å². The number of ether oxygens (including phenoxy) is 2. The lowest BCUT2D eigenvalue weighted by Gasteiger charge is -2.36.